The molecule has 0 bridgehead atoms. The number of nitrogens with zero attached hydrogens (tertiary/aromatic N) is 4. The molecule has 0 aromatic rings. The van der Waals surface area contributed by atoms with E-state index in [1.54, 1.807) is 0 Å². The summed E-state index contributed by atoms with van der Waals surface area (Å²) in [5.74, 6) is 0. The molecule has 14 heavy (non-hydrogen) atoms. The predicted molar refractivity (Wildman–Crippen MR) is 64.8 cm³/mol. The molecule has 0 aliphatic rings. The van der Waals surface area contributed by atoms with Crippen LogP contribution in [-0.4, -0.2) is 20.7 Å². The molecule has 64 valence electrons. The average Bonchev–Trinajstić information content (AvgIpc) is 1.87. The summed E-state index contributed by atoms with van der Waals surface area (Å²) in [7, 11) is 0. The van der Waals surface area contributed by atoms with E-state index in [2.05, 4.69) is 59.7 Å². The van der Waals surface area contributed by atoms with Crippen molar-refractivity contribution in [1.29, 1.82) is 0 Å². The van der Waals surface area contributed by atoms with Crippen molar-refractivity contribution in [3.05, 3.63) is 10.8 Å². The first kappa shape index (κ1) is 25.7. The minimum atomic E-state index is 0. The zero-order chi connectivity index (χ0) is 9.98. The zero-order valence-corrected chi connectivity index (χ0v) is 17.2. The normalized spacial score (nSPS) is 5.29. The van der Waals surface area contributed by atoms with Crippen LogP contribution in [-0.2, 0) is 0 Å². The van der Waals surface area contributed by atoms with Crippen molar-refractivity contribution in [2.45, 2.75) is 0 Å². The first-order valence-corrected chi connectivity index (χ1v) is 3.91. The molecule has 0 spiro atoms. The molecule has 0 heterocycles. The van der Waals surface area contributed by atoms with Crippen LogP contribution in [0.2, 0.25) is 0 Å². The molecule has 0 aliphatic carbocycles. The van der Waals surface area contributed by atoms with Gasteiger partial charge in [-0.25, -0.2) is 0 Å². The van der Waals surface area contributed by atoms with E-state index in [0.29, 0.717) is 0 Å². The van der Waals surface area contributed by atoms with Gasteiger partial charge in [0.25, 0.3) is 0 Å². The molecule has 0 saturated carbocycles. The first-order valence-electron chi connectivity index (χ1n) is 2.20. The number of thiocarbonyl (C=S) groups is 2. The van der Waals surface area contributed by atoms with Gasteiger partial charge in [0.15, 0.2) is 0 Å². The minimum Gasteiger partial charge on any atom is -0.422 e. The van der Waals surface area contributed by atoms with Gasteiger partial charge in [-0.3, -0.25) is 0 Å². The molecule has 0 N–H and O–H groups in total. The summed E-state index contributed by atoms with van der Waals surface area (Å²) in [6.07, 6.45) is 0. The quantitative estimate of drug-likeness (QED) is 0.207. The van der Waals surface area contributed by atoms with Crippen molar-refractivity contribution in [2.24, 2.45) is 9.98 Å². The molecular formula is C4H2K2N4S4. The Morgan fingerprint density at radius 3 is 1.14 bits per heavy atom. The second-order valence-corrected chi connectivity index (χ2v) is 3.21. The Balaban J connectivity index is -0.0000000625. The molecule has 0 radical (unpaired) electrons. The molecule has 0 unspecified atom stereocenters. The molecule has 0 rings (SSSR count). The fourth-order valence-corrected chi connectivity index (χ4v) is 0.257. The number of rotatable bonds is 0. The van der Waals surface area contributed by atoms with Crippen LogP contribution in [0.1, 0.15) is 0 Å². The summed E-state index contributed by atoms with van der Waals surface area (Å²) in [6.45, 7) is 0. The SMILES string of the molecule is [K+].[K+].[N-]=C=NC(=S)S.[N-]=C=NC(=S)S. The van der Waals surface area contributed by atoms with Crippen LogP contribution in [0.5, 0.6) is 0 Å². The van der Waals surface area contributed by atoms with Gasteiger partial charge in [-0.1, -0.05) is 24.4 Å². The summed E-state index contributed by atoms with van der Waals surface area (Å²) in [5, 5.41) is 15.4. The van der Waals surface area contributed by atoms with Crippen LogP contribution in [0.3, 0.4) is 0 Å². The monoisotopic (exact) mass is 312 g/mol. The van der Waals surface area contributed by atoms with Gasteiger partial charge >= 0.3 is 103 Å². The van der Waals surface area contributed by atoms with Crippen molar-refractivity contribution >= 4 is 70.4 Å². The Kier molecular flexibility index (Phi) is 38.9. The molecule has 0 saturated heterocycles. The second-order valence-electron chi connectivity index (χ2n) is 0.989. The molecule has 0 aliphatic heterocycles. The van der Waals surface area contributed by atoms with Crippen LogP contribution in [0, 0.1) is 0 Å². The van der Waals surface area contributed by atoms with E-state index in [9.17, 15) is 0 Å². The standard InChI is InChI=1S/2C2HN2S2.2K/c2*3-1-4-2(5)6;;/h2*(H,5,6);;/q2*-1;2*+1. The number of hydrogen-bond acceptors (Lipinski definition) is 2. The molecule has 0 fully saturated rings. The van der Waals surface area contributed by atoms with E-state index >= 15 is 0 Å². The van der Waals surface area contributed by atoms with Gasteiger partial charge in [0.2, 0.25) is 0 Å². The Labute approximate surface area is 189 Å². The van der Waals surface area contributed by atoms with Crippen LogP contribution >= 0.6 is 49.7 Å². The van der Waals surface area contributed by atoms with Gasteiger partial charge in [0, 0.05) is 0 Å². The summed E-state index contributed by atoms with van der Waals surface area (Å²) in [6, 6.07) is 2.95. The summed E-state index contributed by atoms with van der Waals surface area (Å²) in [5.41, 5.74) is 0. The van der Waals surface area contributed by atoms with E-state index in [0.717, 1.165) is 0 Å². The van der Waals surface area contributed by atoms with Crippen molar-refractivity contribution in [3.8, 4) is 0 Å². The average molecular weight is 313 g/mol. The maximum Gasteiger partial charge on any atom is 1.00 e. The first-order chi connectivity index (χ1) is 5.54. The van der Waals surface area contributed by atoms with Crippen LogP contribution in [0.25, 0.3) is 10.8 Å². The fraction of sp³-hybridized carbons (Fsp3) is 0. The van der Waals surface area contributed by atoms with Gasteiger partial charge in [-0.15, -0.1) is 37.3 Å². The fourth-order valence-electron chi connectivity index (χ4n) is 0.0855. The van der Waals surface area contributed by atoms with E-state index in [1.165, 1.54) is 12.0 Å². The van der Waals surface area contributed by atoms with Gasteiger partial charge in [0.05, 0.1) is 8.64 Å². The third kappa shape index (κ3) is 36.3. The van der Waals surface area contributed by atoms with E-state index in [1.807, 2.05) is 0 Å². The Morgan fingerprint density at radius 1 is 0.929 bits per heavy atom. The third-order valence-corrected chi connectivity index (χ3v) is 0.674. The molecule has 0 atom stereocenters. The second kappa shape index (κ2) is 21.2. The smallest absolute Gasteiger partial charge is 0.422 e. The topological polar surface area (TPSA) is 69.3 Å². The number of thiol groups is 2. The Morgan fingerprint density at radius 2 is 1.14 bits per heavy atom. The third-order valence-electron chi connectivity index (χ3n) is 0.291. The zero-order valence-electron chi connectivity index (χ0n) is 7.50. The van der Waals surface area contributed by atoms with Crippen molar-refractivity contribution in [3.63, 3.8) is 0 Å². The molecule has 0 aromatic heterocycles. The van der Waals surface area contributed by atoms with E-state index < -0.39 is 0 Å². The van der Waals surface area contributed by atoms with Crippen LogP contribution < -0.4 is 103 Å². The number of aliphatic imine (C=N–C) groups is 2. The van der Waals surface area contributed by atoms with Crippen LogP contribution in [0.4, 0.5) is 0 Å². The van der Waals surface area contributed by atoms with Gasteiger partial charge < -0.3 is 20.8 Å². The Bertz CT molecular complexity index is 241. The predicted octanol–water partition coefficient (Wildman–Crippen LogP) is -4.10. The van der Waals surface area contributed by atoms with Crippen molar-refractivity contribution < 1.29 is 103 Å². The molecule has 4 nitrogen and oxygen atoms in total. The summed E-state index contributed by atoms with van der Waals surface area (Å²) < 4.78 is 0.162. The summed E-state index contributed by atoms with van der Waals surface area (Å²) in [4.78, 5) is 6.05. The maximum absolute atomic E-state index is 7.68. The minimum absolute atomic E-state index is 0. The van der Waals surface area contributed by atoms with E-state index in [4.69, 9.17) is 10.8 Å². The molecule has 0 amide bonds. The van der Waals surface area contributed by atoms with Crippen molar-refractivity contribution in [2.75, 3.05) is 0 Å². The molecule has 10 heteroatoms. The molecular weight excluding hydrogens is 311 g/mol. The Hall–Kier alpha value is 2.91. The van der Waals surface area contributed by atoms with Gasteiger partial charge in [-0.2, -0.15) is 0 Å². The summed E-state index contributed by atoms with van der Waals surface area (Å²) >= 11 is 15.6. The van der Waals surface area contributed by atoms with Crippen molar-refractivity contribution in [1.82, 2.24) is 0 Å². The maximum atomic E-state index is 7.68. The number of hydrogen-bond donors (Lipinski definition) is 2. The van der Waals surface area contributed by atoms with Crippen LogP contribution in [0.15, 0.2) is 9.98 Å². The van der Waals surface area contributed by atoms with Gasteiger partial charge in [0.1, 0.15) is 0 Å². The largest absolute Gasteiger partial charge is 1.00 e. The van der Waals surface area contributed by atoms with E-state index in [-0.39, 0.29) is 111 Å². The van der Waals surface area contributed by atoms with Gasteiger partial charge in [-0.05, 0) is 0 Å². The molecule has 0 aromatic carbocycles.